The summed E-state index contributed by atoms with van der Waals surface area (Å²) in [6, 6.07) is 9.56. The number of benzene rings is 1. The number of carbonyl (C=O) groups excluding carboxylic acids is 1. The van der Waals surface area contributed by atoms with E-state index in [1.165, 1.54) is 0 Å². The maximum Gasteiger partial charge on any atom is 0.410 e. The fourth-order valence-electron chi connectivity index (χ4n) is 1.70. The minimum Gasteiger partial charge on any atom is -0.444 e. The standard InChI is InChI=1S/C15H24N2O2/c1-5-17(14(18)19-15(2,3)4)11-13(16)12-9-7-6-8-10-12/h6-10,13H,5,11,16H2,1-4H3. The summed E-state index contributed by atoms with van der Waals surface area (Å²) in [6.45, 7) is 8.52. The molecule has 0 spiro atoms. The average Bonchev–Trinajstić information content (AvgIpc) is 2.34. The van der Waals surface area contributed by atoms with Crippen LogP contribution in [0.4, 0.5) is 4.79 Å². The quantitative estimate of drug-likeness (QED) is 0.909. The number of ether oxygens (including phenoxy) is 1. The van der Waals surface area contributed by atoms with Gasteiger partial charge in [-0.25, -0.2) is 4.79 Å². The number of carbonyl (C=O) groups is 1. The Kier molecular flexibility index (Phi) is 5.36. The molecule has 0 saturated heterocycles. The van der Waals surface area contributed by atoms with Crippen LogP contribution in [0.15, 0.2) is 30.3 Å². The largest absolute Gasteiger partial charge is 0.444 e. The topological polar surface area (TPSA) is 55.6 Å². The molecule has 19 heavy (non-hydrogen) atoms. The summed E-state index contributed by atoms with van der Waals surface area (Å²) in [7, 11) is 0. The summed E-state index contributed by atoms with van der Waals surface area (Å²) in [5.74, 6) is 0. The molecule has 2 N–H and O–H groups in total. The summed E-state index contributed by atoms with van der Waals surface area (Å²) in [5, 5.41) is 0. The lowest BCUT2D eigenvalue weighted by Gasteiger charge is -2.28. The van der Waals surface area contributed by atoms with E-state index in [1.807, 2.05) is 58.0 Å². The Balaban J connectivity index is 2.64. The van der Waals surface area contributed by atoms with Crippen molar-refractivity contribution >= 4 is 6.09 Å². The Hall–Kier alpha value is -1.55. The molecule has 0 saturated carbocycles. The average molecular weight is 264 g/mol. The van der Waals surface area contributed by atoms with E-state index in [0.29, 0.717) is 13.1 Å². The van der Waals surface area contributed by atoms with Crippen LogP contribution in [0.1, 0.15) is 39.3 Å². The highest BCUT2D eigenvalue weighted by Crippen LogP contribution is 2.14. The predicted octanol–water partition coefficient (Wildman–Crippen LogP) is 2.94. The first-order valence-corrected chi connectivity index (χ1v) is 6.62. The second kappa shape index (κ2) is 6.57. The minimum absolute atomic E-state index is 0.200. The Bertz CT molecular complexity index is 398. The number of nitrogens with zero attached hydrogens (tertiary/aromatic N) is 1. The molecule has 0 fully saturated rings. The highest BCUT2D eigenvalue weighted by molar-refractivity contribution is 5.68. The number of rotatable bonds is 4. The zero-order valence-corrected chi connectivity index (χ0v) is 12.2. The van der Waals surface area contributed by atoms with Crippen LogP contribution >= 0.6 is 0 Å². The third-order valence-corrected chi connectivity index (χ3v) is 2.68. The number of nitrogens with two attached hydrogens (primary N) is 1. The van der Waals surface area contributed by atoms with E-state index in [0.717, 1.165) is 5.56 Å². The van der Waals surface area contributed by atoms with Crippen LogP contribution in [0.2, 0.25) is 0 Å². The summed E-state index contributed by atoms with van der Waals surface area (Å²) in [6.07, 6.45) is -0.318. The van der Waals surface area contributed by atoms with Crippen molar-refractivity contribution in [1.29, 1.82) is 0 Å². The zero-order chi connectivity index (χ0) is 14.5. The molecule has 4 nitrogen and oxygen atoms in total. The Labute approximate surface area is 115 Å². The SMILES string of the molecule is CCN(CC(N)c1ccccc1)C(=O)OC(C)(C)C. The predicted molar refractivity (Wildman–Crippen MR) is 76.9 cm³/mol. The molecule has 1 amide bonds. The molecule has 0 aliphatic rings. The van der Waals surface area contributed by atoms with Crippen LogP contribution in [-0.2, 0) is 4.74 Å². The highest BCUT2D eigenvalue weighted by atomic mass is 16.6. The van der Waals surface area contributed by atoms with E-state index in [2.05, 4.69) is 0 Å². The van der Waals surface area contributed by atoms with Gasteiger partial charge in [-0.05, 0) is 33.3 Å². The molecule has 106 valence electrons. The third kappa shape index (κ3) is 5.30. The second-order valence-electron chi connectivity index (χ2n) is 5.54. The fourth-order valence-corrected chi connectivity index (χ4v) is 1.70. The maximum absolute atomic E-state index is 12.0. The third-order valence-electron chi connectivity index (χ3n) is 2.68. The maximum atomic E-state index is 12.0. The van der Waals surface area contributed by atoms with Crippen molar-refractivity contribution in [1.82, 2.24) is 4.90 Å². The van der Waals surface area contributed by atoms with Gasteiger partial charge in [-0.2, -0.15) is 0 Å². The van der Waals surface area contributed by atoms with Crippen molar-refractivity contribution in [3.8, 4) is 0 Å². The van der Waals surface area contributed by atoms with Crippen LogP contribution in [0.25, 0.3) is 0 Å². The number of hydrogen-bond donors (Lipinski definition) is 1. The molecular formula is C15H24N2O2. The van der Waals surface area contributed by atoms with E-state index in [1.54, 1.807) is 4.90 Å². The van der Waals surface area contributed by atoms with Crippen LogP contribution in [0.3, 0.4) is 0 Å². The molecule has 4 heteroatoms. The van der Waals surface area contributed by atoms with Crippen molar-refractivity contribution in [2.75, 3.05) is 13.1 Å². The van der Waals surface area contributed by atoms with Gasteiger partial charge in [0.2, 0.25) is 0 Å². The molecule has 0 heterocycles. The summed E-state index contributed by atoms with van der Waals surface area (Å²) in [4.78, 5) is 13.6. The van der Waals surface area contributed by atoms with Crippen molar-refractivity contribution < 1.29 is 9.53 Å². The van der Waals surface area contributed by atoms with Crippen LogP contribution in [0.5, 0.6) is 0 Å². The lowest BCUT2D eigenvalue weighted by Crippen LogP contribution is -2.40. The summed E-state index contributed by atoms with van der Waals surface area (Å²) >= 11 is 0. The first-order chi connectivity index (χ1) is 8.83. The molecule has 1 unspecified atom stereocenters. The van der Waals surface area contributed by atoms with Crippen molar-refractivity contribution in [3.05, 3.63) is 35.9 Å². The molecule has 1 atom stereocenters. The Morgan fingerprint density at radius 2 is 1.89 bits per heavy atom. The lowest BCUT2D eigenvalue weighted by molar-refractivity contribution is 0.0249. The van der Waals surface area contributed by atoms with E-state index < -0.39 is 5.60 Å². The van der Waals surface area contributed by atoms with Crippen molar-refractivity contribution in [2.24, 2.45) is 5.73 Å². The number of amides is 1. The fraction of sp³-hybridized carbons (Fsp3) is 0.533. The molecule has 1 aromatic rings. The molecular weight excluding hydrogens is 240 g/mol. The monoisotopic (exact) mass is 264 g/mol. The smallest absolute Gasteiger partial charge is 0.410 e. The minimum atomic E-state index is -0.485. The van der Waals surface area contributed by atoms with Crippen LogP contribution < -0.4 is 5.73 Å². The number of likely N-dealkylation sites (N-methyl/N-ethyl adjacent to an activating group) is 1. The number of hydrogen-bond acceptors (Lipinski definition) is 3. The van der Waals surface area contributed by atoms with E-state index in [9.17, 15) is 4.79 Å². The first kappa shape index (κ1) is 15.5. The normalized spacial score (nSPS) is 12.9. The van der Waals surface area contributed by atoms with Crippen LogP contribution in [0, 0.1) is 0 Å². The first-order valence-electron chi connectivity index (χ1n) is 6.62. The Morgan fingerprint density at radius 1 is 1.32 bits per heavy atom. The van der Waals surface area contributed by atoms with E-state index in [4.69, 9.17) is 10.5 Å². The van der Waals surface area contributed by atoms with Gasteiger partial charge < -0.3 is 15.4 Å². The summed E-state index contributed by atoms with van der Waals surface area (Å²) < 4.78 is 5.36. The second-order valence-corrected chi connectivity index (χ2v) is 5.54. The van der Waals surface area contributed by atoms with Crippen molar-refractivity contribution in [2.45, 2.75) is 39.3 Å². The molecule has 0 aromatic heterocycles. The molecule has 0 aliphatic carbocycles. The van der Waals surface area contributed by atoms with Gasteiger partial charge in [0.15, 0.2) is 0 Å². The molecule has 0 bridgehead atoms. The Morgan fingerprint density at radius 3 is 2.37 bits per heavy atom. The van der Waals surface area contributed by atoms with Gasteiger partial charge in [-0.3, -0.25) is 0 Å². The van der Waals surface area contributed by atoms with Crippen molar-refractivity contribution in [3.63, 3.8) is 0 Å². The van der Waals surface area contributed by atoms with E-state index >= 15 is 0 Å². The highest BCUT2D eigenvalue weighted by Gasteiger charge is 2.22. The van der Waals surface area contributed by atoms with E-state index in [-0.39, 0.29) is 12.1 Å². The van der Waals surface area contributed by atoms with Gasteiger partial charge in [-0.1, -0.05) is 30.3 Å². The van der Waals surface area contributed by atoms with Crippen LogP contribution in [-0.4, -0.2) is 29.7 Å². The van der Waals surface area contributed by atoms with Gasteiger partial charge >= 0.3 is 6.09 Å². The van der Waals surface area contributed by atoms with Gasteiger partial charge in [0.1, 0.15) is 5.60 Å². The molecule has 1 aromatic carbocycles. The molecule has 1 rings (SSSR count). The zero-order valence-electron chi connectivity index (χ0n) is 12.2. The van der Waals surface area contributed by atoms with Gasteiger partial charge in [-0.15, -0.1) is 0 Å². The summed E-state index contributed by atoms with van der Waals surface area (Å²) in [5.41, 5.74) is 6.66. The van der Waals surface area contributed by atoms with Gasteiger partial charge in [0.05, 0.1) is 0 Å². The molecule has 0 aliphatic heterocycles. The molecule has 0 radical (unpaired) electrons. The lowest BCUT2D eigenvalue weighted by atomic mass is 10.1. The van der Waals surface area contributed by atoms with Gasteiger partial charge in [0.25, 0.3) is 0 Å². The van der Waals surface area contributed by atoms with Gasteiger partial charge in [0, 0.05) is 19.1 Å².